The van der Waals surface area contributed by atoms with Crippen LogP contribution in [0.1, 0.15) is 26.7 Å². The Kier molecular flexibility index (Phi) is 5.69. The van der Waals surface area contributed by atoms with Crippen LogP contribution < -0.4 is 0 Å². The number of hydrogen-bond donors (Lipinski definition) is 0. The van der Waals surface area contributed by atoms with Crippen LogP contribution in [0.25, 0.3) is 0 Å². The fraction of sp³-hybridized carbons (Fsp3) is 0.625. The van der Waals surface area contributed by atoms with Gasteiger partial charge in [0.15, 0.2) is 0 Å². The van der Waals surface area contributed by atoms with Gasteiger partial charge in [-0.3, -0.25) is 0 Å². The highest BCUT2D eigenvalue weighted by molar-refractivity contribution is 5.32. The van der Waals surface area contributed by atoms with Crippen molar-refractivity contribution >= 4 is 6.08 Å². The van der Waals surface area contributed by atoms with E-state index < -0.39 is 0 Å². The maximum absolute atomic E-state index is 9.61. The highest BCUT2D eigenvalue weighted by Gasteiger charge is 1.86. The molecule has 0 heterocycles. The van der Waals surface area contributed by atoms with Crippen molar-refractivity contribution in [3.63, 3.8) is 0 Å². The largest absolute Gasteiger partial charge is 0.234 e. The molecule has 0 unspecified atom stereocenters. The van der Waals surface area contributed by atoms with E-state index in [0.717, 1.165) is 12.8 Å². The molecule has 0 aromatic heterocycles. The summed E-state index contributed by atoms with van der Waals surface area (Å²) in [5, 5.41) is 0. The first-order valence-electron chi connectivity index (χ1n) is 3.46. The molecule has 0 amide bonds. The summed E-state index contributed by atoms with van der Waals surface area (Å²) >= 11 is 0. The van der Waals surface area contributed by atoms with E-state index in [1.54, 1.807) is 0 Å². The molecule has 0 rings (SSSR count). The fourth-order valence-electron chi connectivity index (χ4n) is 0.627. The van der Waals surface area contributed by atoms with E-state index in [1.807, 2.05) is 6.92 Å². The van der Waals surface area contributed by atoms with E-state index in [4.69, 9.17) is 0 Å². The number of rotatable bonds is 4. The van der Waals surface area contributed by atoms with Gasteiger partial charge in [-0.15, -0.1) is 0 Å². The molecule has 0 spiro atoms. The van der Waals surface area contributed by atoms with E-state index >= 15 is 0 Å². The van der Waals surface area contributed by atoms with Crippen LogP contribution in [-0.4, -0.2) is 12.6 Å². The molecule has 2 heteroatoms. The van der Waals surface area contributed by atoms with Crippen LogP contribution in [0.15, 0.2) is 16.6 Å². The van der Waals surface area contributed by atoms with Crippen LogP contribution in [0.4, 0.5) is 0 Å². The average Bonchev–Trinajstić information content (AvgIpc) is 1.98. The molecule has 0 aliphatic rings. The Labute approximate surface area is 61.7 Å². The number of nitrogens with zero attached hydrogens (tertiary/aromatic N) is 1. The van der Waals surface area contributed by atoms with Gasteiger partial charge in [0.05, 0.1) is 6.54 Å². The molecule has 10 heavy (non-hydrogen) atoms. The fourth-order valence-corrected chi connectivity index (χ4v) is 0.627. The normalized spacial score (nSPS) is 10.8. The molecule has 0 aromatic carbocycles. The Bertz CT molecular complexity index is 155. The summed E-state index contributed by atoms with van der Waals surface area (Å²) in [5.41, 5.74) is 1.35. The van der Waals surface area contributed by atoms with Crippen molar-refractivity contribution in [2.75, 3.05) is 6.54 Å². The third kappa shape index (κ3) is 5.26. The molecule has 0 N–H and O–H groups in total. The molecule has 0 aliphatic carbocycles. The monoisotopic (exact) mass is 139 g/mol. The van der Waals surface area contributed by atoms with Crippen LogP contribution >= 0.6 is 0 Å². The molecule has 0 aliphatic heterocycles. The first-order chi connectivity index (χ1) is 4.81. The molecule has 0 saturated heterocycles. The summed E-state index contributed by atoms with van der Waals surface area (Å²) in [6.45, 7) is 4.69. The molecular formula is C8H13NO. The van der Waals surface area contributed by atoms with Crippen LogP contribution in [0.5, 0.6) is 0 Å². The predicted octanol–water partition coefficient (Wildman–Crippen LogP) is 2.07. The highest BCUT2D eigenvalue weighted by Crippen LogP contribution is 2.02. The SMILES string of the molecule is CC=C(C)CCCN=C=O. The van der Waals surface area contributed by atoms with Gasteiger partial charge < -0.3 is 0 Å². The van der Waals surface area contributed by atoms with Crippen molar-refractivity contribution in [1.29, 1.82) is 0 Å². The molecule has 0 saturated carbocycles. The van der Waals surface area contributed by atoms with Crippen molar-refractivity contribution in [2.24, 2.45) is 4.99 Å². The summed E-state index contributed by atoms with van der Waals surface area (Å²) in [7, 11) is 0. The Hall–Kier alpha value is -0.880. The van der Waals surface area contributed by atoms with Gasteiger partial charge in [-0.1, -0.05) is 11.6 Å². The van der Waals surface area contributed by atoms with Gasteiger partial charge in [-0.25, -0.2) is 9.79 Å². The van der Waals surface area contributed by atoms with Gasteiger partial charge in [0.1, 0.15) is 0 Å². The van der Waals surface area contributed by atoms with Crippen LogP contribution in [0.2, 0.25) is 0 Å². The quantitative estimate of drug-likeness (QED) is 0.254. The lowest BCUT2D eigenvalue weighted by Gasteiger charge is -1.94. The van der Waals surface area contributed by atoms with E-state index in [-0.39, 0.29) is 0 Å². The zero-order valence-corrected chi connectivity index (χ0v) is 6.55. The zero-order valence-electron chi connectivity index (χ0n) is 6.55. The number of carbonyl (C=O) groups excluding carboxylic acids is 1. The Morgan fingerprint density at radius 1 is 1.70 bits per heavy atom. The van der Waals surface area contributed by atoms with Gasteiger partial charge in [0.2, 0.25) is 6.08 Å². The Morgan fingerprint density at radius 2 is 2.40 bits per heavy atom. The van der Waals surface area contributed by atoms with Crippen LogP contribution in [-0.2, 0) is 4.79 Å². The number of allylic oxidation sites excluding steroid dienone is 2. The number of aliphatic imine (C=N–C) groups is 1. The van der Waals surface area contributed by atoms with Crippen LogP contribution in [0.3, 0.4) is 0 Å². The van der Waals surface area contributed by atoms with Crippen molar-refractivity contribution in [1.82, 2.24) is 0 Å². The summed E-state index contributed by atoms with van der Waals surface area (Å²) in [4.78, 5) is 13.1. The molecule has 0 fully saturated rings. The summed E-state index contributed by atoms with van der Waals surface area (Å²) in [6, 6.07) is 0. The predicted molar refractivity (Wildman–Crippen MR) is 41.7 cm³/mol. The minimum atomic E-state index is 0.606. The highest BCUT2D eigenvalue weighted by atomic mass is 16.1. The molecule has 0 radical (unpaired) electrons. The maximum Gasteiger partial charge on any atom is 0.234 e. The lowest BCUT2D eigenvalue weighted by molar-refractivity contribution is 0.562. The third-order valence-corrected chi connectivity index (χ3v) is 1.40. The summed E-state index contributed by atoms with van der Waals surface area (Å²) in [6.07, 6.45) is 5.57. The zero-order chi connectivity index (χ0) is 7.82. The molecule has 2 nitrogen and oxygen atoms in total. The summed E-state index contributed by atoms with van der Waals surface area (Å²) in [5.74, 6) is 0. The van der Waals surface area contributed by atoms with E-state index in [2.05, 4.69) is 18.0 Å². The number of hydrogen-bond acceptors (Lipinski definition) is 2. The Morgan fingerprint density at radius 3 is 2.90 bits per heavy atom. The minimum Gasteiger partial charge on any atom is -0.211 e. The van der Waals surface area contributed by atoms with Gasteiger partial charge >= 0.3 is 0 Å². The lowest BCUT2D eigenvalue weighted by atomic mass is 10.1. The van der Waals surface area contributed by atoms with Crippen molar-refractivity contribution in [3.05, 3.63) is 11.6 Å². The molecule has 0 bridgehead atoms. The van der Waals surface area contributed by atoms with Crippen molar-refractivity contribution < 1.29 is 4.79 Å². The second kappa shape index (κ2) is 6.24. The van der Waals surface area contributed by atoms with E-state index in [9.17, 15) is 4.79 Å². The molecule has 0 aromatic rings. The van der Waals surface area contributed by atoms with Gasteiger partial charge in [0.25, 0.3) is 0 Å². The van der Waals surface area contributed by atoms with Crippen LogP contribution in [0, 0.1) is 0 Å². The molecular weight excluding hydrogens is 126 g/mol. The Balaban J connectivity index is 3.28. The van der Waals surface area contributed by atoms with E-state index in [0.29, 0.717) is 6.54 Å². The minimum absolute atomic E-state index is 0.606. The third-order valence-electron chi connectivity index (χ3n) is 1.40. The molecule has 56 valence electrons. The maximum atomic E-state index is 9.61. The van der Waals surface area contributed by atoms with Crippen molar-refractivity contribution in [3.8, 4) is 0 Å². The standard InChI is InChI=1S/C8H13NO/c1-3-8(2)5-4-6-9-7-10/h3H,4-6H2,1-2H3. The second-order valence-corrected chi connectivity index (χ2v) is 2.21. The molecule has 0 atom stereocenters. The van der Waals surface area contributed by atoms with Gasteiger partial charge in [0, 0.05) is 0 Å². The topological polar surface area (TPSA) is 29.4 Å². The first kappa shape index (κ1) is 9.12. The lowest BCUT2D eigenvalue weighted by Crippen LogP contribution is -1.81. The number of isocyanates is 1. The van der Waals surface area contributed by atoms with E-state index in [1.165, 1.54) is 11.7 Å². The smallest absolute Gasteiger partial charge is 0.211 e. The first-order valence-corrected chi connectivity index (χ1v) is 3.46. The van der Waals surface area contributed by atoms with Gasteiger partial charge in [-0.05, 0) is 26.7 Å². The average molecular weight is 139 g/mol. The second-order valence-electron chi connectivity index (χ2n) is 2.21. The van der Waals surface area contributed by atoms with Gasteiger partial charge in [-0.2, -0.15) is 0 Å². The summed E-state index contributed by atoms with van der Waals surface area (Å²) < 4.78 is 0. The van der Waals surface area contributed by atoms with Crippen molar-refractivity contribution in [2.45, 2.75) is 26.7 Å².